The quantitative estimate of drug-likeness (QED) is 0.481. The highest BCUT2D eigenvalue weighted by atomic mass is 32.1. The van der Waals surface area contributed by atoms with Crippen LogP contribution in [0.3, 0.4) is 0 Å². The zero-order chi connectivity index (χ0) is 22.3. The van der Waals surface area contributed by atoms with Crippen molar-refractivity contribution in [2.75, 3.05) is 5.32 Å². The van der Waals surface area contributed by atoms with Gasteiger partial charge in [0.25, 0.3) is 0 Å². The maximum atomic E-state index is 12.4. The van der Waals surface area contributed by atoms with E-state index >= 15 is 0 Å². The summed E-state index contributed by atoms with van der Waals surface area (Å²) in [4.78, 5) is 24.8. The SMILES string of the molecule is CC(C)OC(=O)c1cc(NC(=S)NC(C)c2ccccc2)cc(C(=O)OC(C)C)c1. The molecule has 0 heterocycles. The van der Waals surface area contributed by atoms with Crippen LogP contribution in [0.15, 0.2) is 48.5 Å². The predicted molar refractivity (Wildman–Crippen MR) is 122 cm³/mol. The molecule has 0 aliphatic carbocycles. The summed E-state index contributed by atoms with van der Waals surface area (Å²) in [6.45, 7) is 9.04. The van der Waals surface area contributed by atoms with Gasteiger partial charge in [0.05, 0.1) is 29.4 Å². The molecule has 1 atom stereocenters. The highest BCUT2D eigenvalue weighted by Gasteiger charge is 2.17. The number of hydrogen-bond acceptors (Lipinski definition) is 5. The van der Waals surface area contributed by atoms with Crippen molar-refractivity contribution < 1.29 is 19.1 Å². The first kappa shape index (κ1) is 23.3. The number of carbonyl (C=O) groups is 2. The zero-order valence-corrected chi connectivity index (χ0v) is 18.7. The Bertz CT molecular complexity index is 857. The summed E-state index contributed by atoms with van der Waals surface area (Å²) in [5, 5.41) is 6.60. The van der Waals surface area contributed by atoms with Crippen LogP contribution in [0.4, 0.5) is 5.69 Å². The molecule has 0 saturated carbocycles. The summed E-state index contributed by atoms with van der Waals surface area (Å²) in [5.74, 6) is -1.05. The van der Waals surface area contributed by atoms with E-state index in [4.69, 9.17) is 21.7 Å². The lowest BCUT2D eigenvalue weighted by Gasteiger charge is -2.18. The smallest absolute Gasteiger partial charge is 0.338 e. The van der Waals surface area contributed by atoms with Gasteiger partial charge in [0, 0.05) is 5.69 Å². The van der Waals surface area contributed by atoms with Crippen molar-refractivity contribution in [1.82, 2.24) is 5.32 Å². The number of anilines is 1. The Labute approximate surface area is 183 Å². The van der Waals surface area contributed by atoms with Gasteiger partial charge in [0.1, 0.15) is 0 Å². The number of nitrogens with one attached hydrogen (secondary N) is 2. The van der Waals surface area contributed by atoms with Crippen molar-refractivity contribution in [2.45, 2.75) is 52.9 Å². The number of benzene rings is 2. The largest absolute Gasteiger partial charge is 0.459 e. The maximum absolute atomic E-state index is 12.4. The van der Waals surface area contributed by atoms with Crippen LogP contribution < -0.4 is 10.6 Å². The molecule has 160 valence electrons. The van der Waals surface area contributed by atoms with E-state index in [1.54, 1.807) is 39.8 Å². The lowest BCUT2D eigenvalue weighted by Crippen LogP contribution is -2.31. The van der Waals surface area contributed by atoms with E-state index in [2.05, 4.69) is 10.6 Å². The van der Waals surface area contributed by atoms with Crippen LogP contribution in [0.1, 0.15) is 66.9 Å². The number of thiocarbonyl (C=S) groups is 1. The van der Waals surface area contributed by atoms with Gasteiger partial charge in [-0.2, -0.15) is 0 Å². The number of ether oxygens (including phenoxy) is 2. The van der Waals surface area contributed by atoms with Crippen LogP contribution in [0, 0.1) is 0 Å². The number of hydrogen-bond donors (Lipinski definition) is 2. The summed E-state index contributed by atoms with van der Waals surface area (Å²) in [6, 6.07) is 14.5. The zero-order valence-electron chi connectivity index (χ0n) is 17.9. The first-order chi connectivity index (χ1) is 14.2. The highest BCUT2D eigenvalue weighted by Crippen LogP contribution is 2.19. The van der Waals surface area contributed by atoms with Crippen LogP contribution in [-0.2, 0) is 9.47 Å². The molecular formula is C23H28N2O4S. The third-order valence-electron chi connectivity index (χ3n) is 3.99. The molecule has 0 aliphatic rings. The average molecular weight is 429 g/mol. The predicted octanol–water partition coefficient (Wildman–Crippen LogP) is 4.86. The minimum Gasteiger partial charge on any atom is -0.459 e. The fourth-order valence-corrected chi connectivity index (χ4v) is 2.98. The molecule has 0 bridgehead atoms. The molecule has 0 aliphatic heterocycles. The lowest BCUT2D eigenvalue weighted by molar-refractivity contribution is 0.0377. The van der Waals surface area contributed by atoms with Gasteiger partial charge in [-0.1, -0.05) is 30.3 Å². The first-order valence-electron chi connectivity index (χ1n) is 9.85. The third kappa shape index (κ3) is 7.15. The van der Waals surface area contributed by atoms with Gasteiger partial charge in [-0.05, 0) is 70.6 Å². The molecule has 30 heavy (non-hydrogen) atoms. The Morgan fingerprint density at radius 2 is 1.33 bits per heavy atom. The molecule has 2 N–H and O–H groups in total. The Hall–Kier alpha value is -2.93. The molecular weight excluding hydrogens is 400 g/mol. The highest BCUT2D eigenvalue weighted by molar-refractivity contribution is 7.80. The van der Waals surface area contributed by atoms with Crippen LogP contribution >= 0.6 is 12.2 Å². The van der Waals surface area contributed by atoms with Crippen LogP contribution in [0.5, 0.6) is 0 Å². The van der Waals surface area contributed by atoms with E-state index in [0.717, 1.165) is 5.56 Å². The minimum atomic E-state index is -0.524. The van der Waals surface area contributed by atoms with Crippen molar-refractivity contribution >= 4 is 35.0 Å². The topological polar surface area (TPSA) is 76.7 Å². The molecule has 1 unspecified atom stereocenters. The van der Waals surface area contributed by atoms with Crippen molar-refractivity contribution in [3.63, 3.8) is 0 Å². The molecule has 2 rings (SSSR count). The lowest BCUT2D eigenvalue weighted by atomic mass is 10.1. The van der Waals surface area contributed by atoms with Crippen LogP contribution in [0.25, 0.3) is 0 Å². The second-order valence-corrected chi connectivity index (χ2v) is 7.85. The molecule has 2 aromatic carbocycles. The Balaban J connectivity index is 2.22. The Kier molecular flexibility index (Phi) is 8.35. The van der Waals surface area contributed by atoms with Gasteiger partial charge in [-0.25, -0.2) is 9.59 Å². The number of esters is 2. The molecule has 0 aromatic heterocycles. The second-order valence-electron chi connectivity index (χ2n) is 7.44. The summed E-state index contributed by atoms with van der Waals surface area (Å²) < 4.78 is 10.5. The molecule has 0 amide bonds. The fraction of sp³-hybridized carbons (Fsp3) is 0.348. The van der Waals surface area contributed by atoms with Gasteiger partial charge in [-0.3, -0.25) is 0 Å². The fourth-order valence-electron chi connectivity index (χ4n) is 2.69. The monoisotopic (exact) mass is 428 g/mol. The van der Waals surface area contributed by atoms with Crippen LogP contribution in [0.2, 0.25) is 0 Å². The molecule has 0 radical (unpaired) electrons. The van der Waals surface area contributed by atoms with E-state index in [9.17, 15) is 9.59 Å². The molecule has 0 fully saturated rings. The normalized spacial score (nSPS) is 11.7. The van der Waals surface area contributed by atoms with Gasteiger partial charge in [0.15, 0.2) is 5.11 Å². The van der Waals surface area contributed by atoms with Gasteiger partial charge in [0.2, 0.25) is 0 Å². The van der Waals surface area contributed by atoms with E-state index in [1.165, 1.54) is 6.07 Å². The van der Waals surface area contributed by atoms with Crippen molar-refractivity contribution in [1.29, 1.82) is 0 Å². The molecule has 6 nitrogen and oxygen atoms in total. The van der Waals surface area contributed by atoms with E-state index in [0.29, 0.717) is 10.8 Å². The third-order valence-corrected chi connectivity index (χ3v) is 4.21. The summed E-state index contributed by atoms with van der Waals surface area (Å²) >= 11 is 5.42. The second kappa shape index (κ2) is 10.7. The van der Waals surface area contributed by atoms with E-state index < -0.39 is 11.9 Å². The van der Waals surface area contributed by atoms with Gasteiger partial charge >= 0.3 is 11.9 Å². The summed E-state index contributed by atoms with van der Waals surface area (Å²) in [5.41, 5.74) is 2.05. The summed E-state index contributed by atoms with van der Waals surface area (Å²) in [7, 11) is 0. The van der Waals surface area contributed by atoms with Crippen molar-refractivity contribution in [2.24, 2.45) is 0 Å². The van der Waals surface area contributed by atoms with E-state index in [1.807, 2.05) is 37.3 Å². The van der Waals surface area contributed by atoms with Crippen molar-refractivity contribution in [3.8, 4) is 0 Å². The molecule has 0 spiro atoms. The number of carbonyl (C=O) groups excluding carboxylic acids is 2. The van der Waals surface area contributed by atoms with Gasteiger partial charge in [-0.15, -0.1) is 0 Å². The van der Waals surface area contributed by atoms with E-state index in [-0.39, 0.29) is 29.4 Å². The minimum absolute atomic E-state index is 0.0225. The molecule has 7 heteroatoms. The number of rotatable bonds is 7. The maximum Gasteiger partial charge on any atom is 0.338 e. The molecule has 2 aromatic rings. The molecule has 0 saturated heterocycles. The summed E-state index contributed by atoms with van der Waals surface area (Å²) in [6.07, 6.45) is -0.565. The van der Waals surface area contributed by atoms with Gasteiger partial charge < -0.3 is 20.1 Å². The Morgan fingerprint density at radius 1 is 0.833 bits per heavy atom. The first-order valence-corrected chi connectivity index (χ1v) is 10.3. The standard InChI is InChI=1S/C23H28N2O4S/c1-14(2)28-21(26)18-11-19(22(27)29-15(3)4)13-20(12-18)25-23(30)24-16(5)17-9-7-6-8-10-17/h6-16H,1-5H3,(H2,24,25,30). The average Bonchev–Trinajstić information content (AvgIpc) is 2.67. The van der Waals surface area contributed by atoms with Crippen LogP contribution in [-0.4, -0.2) is 29.3 Å². The Morgan fingerprint density at radius 3 is 1.80 bits per heavy atom. The van der Waals surface area contributed by atoms with Crippen molar-refractivity contribution in [3.05, 3.63) is 65.2 Å².